The van der Waals surface area contributed by atoms with Crippen molar-refractivity contribution in [3.8, 4) is 0 Å². The van der Waals surface area contributed by atoms with Crippen molar-refractivity contribution < 1.29 is 28.7 Å². The summed E-state index contributed by atoms with van der Waals surface area (Å²) in [4.78, 5) is 46.9. The summed E-state index contributed by atoms with van der Waals surface area (Å²) in [5, 5.41) is 8.63. The molecular formula is C24H48N4O6. The van der Waals surface area contributed by atoms with Gasteiger partial charge in [0.2, 0.25) is 17.7 Å². The number of rotatable bonds is 21. The second-order valence-corrected chi connectivity index (χ2v) is 8.57. The number of nitrogens with one attached hydrogen (secondary N) is 3. The van der Waals surface area contributed by atoms with Crippen molar-refractivity contribution in [1.82, 2.24) is 16.0 Å². The number of hydrogen-bond acceptors (Lipinski definition) is 7. The lowest BCUT2D eigenvalue weighted by Gasteiger charge is -2.15. The highest BCUT2D eigenvalue weighted by atomic mass is 16.5. The summed E-state index contributed by atoms with van der Waals surface area (Å²) in [7, 11) is 0. The van der Waals surface area contributed by atoms with Crippen molar-refractivity contribution in [1.29, 1.82) is 0 Å². The monoisotopic (exact) mass is 488 g/mol. The van der Waals surface area contributed by atoms with E-state index in [4.69, 9.17) is 15.2 Å². The van der Waals surface area contributed by atoms with Crippen molar-refractivity contribution in [3.05, 3.63) is 0 Å². The van der Waals surface area contributed by atoms with E-state index in [1.165, 1.54) is 0 Å². The van der Waals surface area contributed by atoms with E-state index in [0.29, 0.717) is 51.7 Å². The molecule has 0 aliphatic carbocycles. The van der Waals surface area contributed by atoms with Crippen LogP contribution in [0.1, 0.15) is 73.6 Å². The molecule has 34 heavy (non-hydrogen) atoms. The average molecular weight is 489 g/mol. The van der Waals surface area contributed by atoms with Gasteiger partial charge >= 0.3 is 0 Å². The summed E-state index contributed by atoms with van der Waals surface area (Å²) in [6, 6.07) is -0.334. The van der Waals surface area contributed by atoms with Gasteiger partial charge in [-0.15, -0.1) is 0 Å². The smallest absolute Gasteiger partial charge is 0.239 e. The van der Waals surface area contributed by atoms with Crippen LogP contribution < -0.4 is 21.7 Å². The second-order valence-electron chi connectivity index (χ2n) is 8.57. The molecule has 0 aliphatic rings. The third-order valence-electron chi connectivity index (χ3n) is 4.81. The first-order valence-electron chi connectivity index (χ1n) is 11.9. The summed E-state index contributed by atoms with van der Waals surface area (Å²) in [6.45, 7) is 10.7. The Labute approximate surface area is 205 Å². The van der Waals surface area contributed by atoms with E-state index in [1.54, 1.807) is 0 Å². The van der Waals surface area contributed by atoms with Crippen LogP contribution in [0, 0.1) is 5.92 Å². The number of nitrogens with two attached hydrogens (primary N) is 1. The lowest BCUT2D eigenvalue weighted by atomic mass is 10.0. The van der Waals surface area contributed by atoms with E-state index < -0.39 is 11.9 Å². The highest BCUT2D eigenvalue weighted by Gasteiger charge is 2.17. The number of ketones is 1. The van der Waals surface area contributed by atoms with E-state index in [1.807, 2.05) is 13.8 Å². The zero-order valence-electron chi connectivity index (χ0n) is 20.7. The minimum Gasteiger partial charge on any atom is -0.379 e. The second kappa shape index (κ2) is 21.5. The molecular weight excluding hydrogens is 440 g/mol. The quantitative estimate of drug-likeness (QED) is 0.178. The van der Waals surface area contributed by atoms with Gasteiger partial charge in [0.15, 0.2) is 0 Å². The average Bonchev–Trinajstić information content (AvgIpc) is 2.74. The number of Topliss-reactive ketones (excluding diaryl/α,β-unsaturated/α-hetero) is 1. The molecule has 0 aliphatic heterocycles. The maximum Gasteiger partial charge on any atom is 0.239 e. The minimum absolute atomic E-state index is 0. The first-order chi connectivity index (χ1) is 15.6. The fraction of sp³-hybridized carbons (Fsp3) is 0.833. The molecule has 0 aromatic rings. The molecule has 10 nitrogen and oxygen atoms in total. The van der Waals surface area contributed by atoms with Gasteiger partial charge in [0, 0.05) is 44.3 Å². The summed E-state index contributed by atoms with van der Waals surface area (Å²) in [5.74, 6) is -1.06. The largest absolute Gasteiger partial charge is 0.379 e. The Hall–Kier alpha value is -2.04. The van der Waals surface area contributed by atoms with Crippen molar-refractivity contribution in [2.75, 3.05) is 39.5 Å². The van der Waals surface area contributed by atoms with E-state index in [0.717, 1.165) is 6.54 Å². The van der Waals surface area contributed by atoms with Crippen molar-refractivity contribution >= 4 is 23.5 Å². The topological polar surface area (TPSA) is 149 Å². The van der Waals surface area contributed by atoms with Crippen LogP contribution in [0.2, 0.25) is 0 Å². The molecule has 0 saturated carbocycles. The molecule has 0 aromatic heterocycles. The maximum atomic E-state index is 12.0. The lowest BCUT2D eigenvalue weighted by Crippen LogP contribution is -2.44. The van der Waals surface area contributed by atoms with E-state index in [9.17, 15) is 19.2 Å². The highest BCUT2D eigenvalue weighted by Crippen LogP contribution is 2.03. The SMILES string of the molecule is C.CC(C)NCCOCCOCCC(=O)N[C@@H](CCCCNC(=O)CCC(=O)C(C)C)C(N)=O. The van der Waals surface area contributed by atoms with Crippen LogP contribution >= 0.6 is 0 Å². The fourth-order valence-corrected chi connectivity index (χ4v) is 2.77. The molecule has 0 spiro atoms. The summed E-state index contributed by atoms with van der Waals surface area (Å²) in [5.41, 5.74) is 5.38. The van der Waals surface area contributed by atoms with Gasteiger partial charge < -0.3 is 31.2 Å². The number of carbonyl (C=O) groups excluding carboxylic acids is 4. The molecule has 0 saturated heterocycles. The molecule has 0 heterocycles. The predicted octanol–water partition coefficient (Wildman–Crippen LogP) is 1.31. The molecule has 0 bridgehead atoms. The zero-order valence-corrected chi connectivity index (χ0v) is 20.7. The van der Waals surface area contributed by atoms with Crippen LogP contribution in [0.5, 0.6) is 0 Å². The molecule has 1 atom stereocenters. The van der Waals surface area contributed by atoms with Crippen LogP contribution in [0.4, 0.5) is 0 Å². The van der Waals surface area contributed by atoms with Crippen molar-refractivity contribution in [2.45, 2.75) is 85.7 Å². The first kappa shape index (κ1) is 34.1. The molecule has 0 aromatic carbocycles. The normalized spacial score (nSPS) is 11.7. The predicted molar refractivity (Wildman–Crippen MR) is 133 cm³/mol. The standard InChI is InChI=1S/C23H44N4O6.CH4/c1-17(2)20(28)8-9-21(29)26-11-6-5-7-19(23(24)31)27-22(30)10-13-32-15-16-33-14-12-25-18(3)4;/h17-19,25H,5-16H2,1-4H3,(H2,24,31)(H,26,29)(H,27,30);1H4/t19-;/m0./s1. The van der Waals surface area contributed by atoms with Crippen molar-refractivity contribution in [3.63, 3.8) is 0 Å². The number of primary amides is 1. The van der Waals surface area contributed by atoms with Crippen LogP contribution in [0.25, 0.3) is 0 Å². The maximum absolute atomic E-state index is 12.0. The van der Waals surface area contributed by atoms with Gasteiger partial charge in [-0.1, -0.05) is 35.1 Å². The number of hydrogen-bond donors (Lipinski definition) is 4. The minimum atomic E-state index is -0.756. The van der Waals surface area contributed by atoms with Crippen LogP contribution in [-0.4, -0.2) is 75.1 Å². The Morgan fingerprint density at radius 2 is 1.44 bits per heavy atom. The number of ether oxygens (including phenoxy) is 2. The van der Waals surface area contributed by atoms with Crippen molar-refractivity contribution in [2.24, 2.45) is 11.7 Å². The Bertz CT molecular complexity index is 584. The molecule has 10 heteroatoms. The Balaban J connectivity index is 0. The molecule has 3 amide bonds. The molecule has 200 valence electrons. The third kappa shape index (κ3) is 20.6. The molecule has 0 unspecified atom stereocenters. The third-order valence-corrected chi connectivity index (χ3v) is 4.81. The van der Waals surface area contributed by atoms with Gasteiger partial charge in [-0.3, -0.25) is 19.2 Å². The highest BCUT2D eigenvalue weighted by molar-refractivity contribution is 5.86. The van der Waals surface area contributed by atoms with E-state index in [2.05, 4.69) is 29.8 Å². The van der Waals surface area contributed by atoms with Crippen LogP contribution in [0.3, 0.4) is 0 Å². The number of amides is 3. The Morgan fingerprint density at radius 3 is 2.03 bits per heavy atom. The zero-order chi connectivity index (χ0) is 25.1. The van der Waals surface area contributed by atoms with Gasteiger partial charge in [0.05, 0.1) is 26.4 Å². The fourth-order valence-electron chi connectivity index (χ4n) is 2.77. The van der Waals surface area contributed by atoms with Crippen LogP contribution in [-0.2, 0) is 28.7 Å². The molecule has 0 rings (SSSR count). The molecule has 0 fully saturated rings. The number of unbranched alkanes of at least 4 members (excludes halogenated alkanes) is 1. The van der Waals surface area contributed by atoms with Gasteiger partial charge in [-0.25, -0.2) is 0 Å². The van der Waals surface area contributed by atoms with Gasteiger partial charge in [0.1, 0.15) is 11.8 Å². The summed E-state index contributed by atoms with van der Waals surface area (Å²) >= 11 is 0. The number of carbonyl (C=O) groups is 4. The van der Waals surface area contributed by atoms with E-state index >= 15 is 0 Å². The van der Waals surface area contributed by atoms with Gasteiger partial charge in [-0.05, 0) is 19.3 Å². The summed E-state index contributed by atoms with van der Waals surface area (Å²) < 4.78 is 10.8. The molecule has 0 radical (unpaired) electrons. The summed E-state index contributed by atoms with van der Waals surface area (Å²) in [6.07, 6.45) is 2.19. The van der Waals surface area contributed by atoms with Gasteiger partial charge in [0.25, 0.3) is 0 Å². The van der Waals surface area contributed by atoms with Gasteiger partial charge in [-0.2, -0.15) is 0 Å². The molecule has 5 N–H and O–H groups in total. The lowest BCUT2D eigenvalue weighted by molar-refractivity contribution is -0.128. The van der Waals surface area contributed by atoms with Crippen LogP contribution in [0.15, 0.2) is 0 Å². The Kier molecular flexibility index (Phi) is 21.6. The Morgan fingerprint density at radius 1 is 0.794 bits per heavy atom. The van der Waals surface area contributed by atoms with E-state index in [-0.39, 0.29) is 56.8 Å². The first-order valence-corrected chi connectivity index (χ1v) is 11.9.